The van der Waals surface area contributed by atoms with Crippen LogP contribution in [0, 0.1) is 0 Å². The van der Waals surface area contributed by atoms with Gasteiger partial charge in [0, 0.05) is 12.1 Å². The van der Waals surface area contributed by atoms with Crippen molar-refractivity contribution in [3.8, 4) is 5.69 Å². The van der Waals surface area contributed by atoms with E-state index in [0.29, 0.717) is 12.1 Å². The summed E-state index contributed by atoms with van der Waals surface area (Å²) in [5, 5.41) is 14.1. The van der Waals surface area contributed by atoms with Crippen LogP contribution in [0.1, 0.15) is 41.4 Å². The van der Waals surface area contributed by atoms with Gasteiger partial charge in [-0.2, -0.15) is 0 Å². The molecule has 1 atom stereocenters. The summed E-state index contributed by atoms with van der Waals surface area (Å²) < 4.78 is 7.18. The number of hydrogen-bond acceptors (Lipinski definition) is 6. The first-order valence-corrected chi connectivity index (χ1v) is 9.20. The molecule has 0 radical (unpaired) electrons. The fourth-order valence-electron chi connectivity index (χ4n) is 3.46. The number of nitrogens with one attached hydrogen (secondary N) is 1. The molecule has 3 heterocycles. The lowest BCUT2D eigenvalue weighted by Gasteiger charge is -2.33. The SMILES string of the molecule is O=C(NCC(c1ccco1)N1CCCCC1)c1ccc(-n2cnnn2)cc1. The predicted octanol–water partition coefficient (Wildman–Crippen LogP) is 2.21. The van der Waals surface area contributed by atoms with E-state index in [4.69, 9.17) is 4.42 Å². The zero-order chi connectivity index (χ0) is 18.5. The molecule has 1 aromatic carbocycles. The standard InChI is InChI=1S/C19H22N6O2/c26-19(15-6-8-16(9-7-15)25-14-21-22-23-25)20-13-17(18-5-4-12-27-18)24-10-2-1-3-11-24/h4-9,12,14,17H,1-3,10-11,13H2,(H,20,26). The highest BCUT2D eigenvalue weighted by Gasteiger charge is 2.25. The minimum Gasteiger partial charge on any atom is -0.468 e. The Labute approximate surface area is 157 Å². The van der Waals surface area contributed by atoms with Gasteiger partial charge in [-0.1, -0.05) is 6.42 Å². The zero-order valence-corrected chi connectivity index (χ0v) is 15.0. The van der Waals surface area contributed by atoms with Gasteiger partial charge < -0.3 is 9.73 Å². The van der Waals surface area contributed by atoms with Gasteiger partial charge in [0.1, 0.15) is 12.1 Å². The van der Waals surface area contributed by atoms with Crippen LogP contribution in [0.2, 0.25) is 0 Å². The maximum absolute atomic E-state index is 12.6. The second-order valence-electron chi connectivity index (χ2n) is 6.64. The fourth-order valence-corrected chi connectivity index (χ4v) is 3.46. The third-order valence-electron chi connectivity index (χ3n) is 4.90. The topological polar surface area (TPSA) is 89.1 Å². The van der Waals surface area contributed by atoms with Gasteiger partial charge in [-0.3, -0.25) is 9.69 Å². The van der Waals surface area contributed by atoms with Gasteiger partial charge in [0.2, 0.25) is 0 Å². The monoisotopic (exact) mass is 366 g/mol. The molecule has 1 aliphatic heterocycles. The summed E-state index contributed by atoms with van der Waals surface area (Å²) in [6, 6.07) is 11.1. The van der Waals surface area contributed by atoms with Crippen LogP contribution in [0.4, 0.5) is 0 Å². The summed E-state index contributed by atoms with van der Waals surface area (Å²) in [7, 11) is 0. The van der Waals surface area contributed by atoms with Crippen molar-refractivity contribution in [3.63, 3.8) is 0 Å². The van der Waals surface area contributed by atoms with Crippen molar-refractivity contribution >= 4 is 5.91 Å². The molecule has 1 saturated heterocycles. The van der Waals surface area contributed by atoms with E-state index in [1.54, 1.807) is 23.1 Å². The van der Waals surface area contributed by atoms with E-state index in [1.807, 2.05) is 24.3 Å². The molecule has 3 aromatic rings. The third kappa shape index (κ3) is 4.06. The van der Waals surface area contributed by atoms with Crippen LogP contribution in [0.15, 0.2) is 53.4 Å². The van der Waals surface area contributed by atoms with Crippen LogP contribution in [-0.4, -0.2) is 50.6 Å². The second kappa shape index (κ2) is 8.13. The van der Waals surface area contributed by atoms with Crippen molar-refractivity contribution in [2.24, 2.45) is 0 Å². The van der Waals surface area contributed by atoms with Gasteiger partial charge in [-0.05, 0) is 72.8 Å². The van der Waals surface area contributed by atoms with Crippen LogP contribution >= 0.6 is 0 Å². The van der Waals surface area contributed by atoms with Gasteiger partial charge in [0.15, 0.2) is 0 Å². The first kappa shape index (κ1) is 17.4. The Kier molecular flexibility index (Phi) is 5.24. The number of rotatable bonds is 6. The molecule has 0 spiro atoms. The Morgan fingerprint density at radius 3 is 2.63 bits per heavy atom. The lowest BCUT2D eigenvalue weighted by Crippen LogP contribution is -2.40. The van der Waals surface area contributed by atoms with Crippen LogP contribution in [0.5, 0.6) is 0 Å². The smallest absolute Gasteiger partial charge is 0.251 e. The van der Waals surface area contributed by atoms with Gasteiger partial charge in [0.05, 0.1) is 18.0 Å². The summed E-state index contributed by atoms with van der Waals surface area (Å²) >= 11 is 0. The minimum atomic E-state index is -0.105. The number of aromatic nitrogens is 4. The lowest BCUT2D eigenvalue weighted by atomic mass is 10.1. The number of nitrogens with zero attached hydrogens (tertiary/aromatic N) is 5. The van der Waals surface area contributed by atoms with Gasteiger partial charge >= 0.3 is 0 Å². The molecule has 0 aliphatic carbocycles. The molecule has 1 fully saturated rings. The Hall–Kier alpha value is -3.00. The van der Waals surface area contributed by atoms with Gasteiger partial charge in [-0.25, -0.2) is 4.68 Å². The van der Waals surface area contributed by atoms with Crippen LogP contribution in [0.3, 0.4) is 0 Å². The van der Waals surface area contributed by atoms with E-state index >= 15 is 0 Å². The summed E-state index contributed by atoms with van der Waals surface area (Å²) in [5.74, 6) is 0.790. The predicted molar refractivity (Wildman–Crippen MR) is 98.4 cm³/mol. The van der Waals surface area contributed by atoms with Crippen molar-refractivity contribution in [2.45, 2.75) is 25.3 Å². The average Bonchev–Trinajstić information content (AvgIpc) is 3.43. The third-order valence-corrected chi connectivity index (χ3v) is 4.90. The molecule has 8 heteroatoms. The maximum atomic E-state index is 12.6. The van der Waals surface area contributed by atoms with Gasteiger partial charge in [0.25, 0.3) is 5.91 Å². The average molecular weight is 366 g/mol. The first-order chi connectivity index (χ1) is 13.3. The van der Waals surface area contributed by atoms with Crippen molar-refractivity contribution < 1.29 is 9.21 Å². The number of carbonyl (C=O) groups is 1. The summed E-state index contributed by atoms with van der Waals surface area (Å²) in [4.78, 5) is 15.0. The highest BCUT2D eigenvalue weighted by molar-refractivity contribution is 5.94. The second-order valence-corrected chi connectivity index (χ2v) is 6.64. The van der Waals surface area contributed by atoms with Crippen molar-refractivity contribution in [3.05, 3.63) is 60.3 Å². The molecule has 8 nitrogen and oxygen atoms in total. The molecule has 4 rings (SSSR count). The molecular formula is C19H22N6O2. The number of likely N-dealkylation sites (tertiary alicyclic amines) is 1. The quantitative estimate of drug-likeness (QED) is 0.719. The van der Waals surface area contributed by atoms with E-state index in [9.17, 15) is 4.79 Å². The minimum absolute atomic E-state index is 0.0600. The van der Waals surface area contributed by atoms with E-state index in [1.165, 1.54) is 25.6 Å². The lowest BCUT2D eigenvalue weighted by molar-refractivity contribution is 0.0914. The van der Waals surface area contributed by atoms with E-state index in [0.717, 1.165) is 24.5 Å². The van der Waals surface area contributed by atoms with E-state index in [2.05, 4.69) is 25.7 Å². The maximum Gasteiger partial charge on any atom is 0.251 e. The Morgan fingerprint density at radius 2 is 1.96 bits per heavy atom. The number of tetrazole rings is 1. The Morgan fingerprint density at radius 1 is 1.15 bits per heavy atom. The fraction of sp³-hybridized carbons (Fsp3) is 0.368. The zero-order valence-electron chi connectivity index (χ0n) is 15.0. The molecule has 0 saturated carbocycles. The van der Waals surface area contributed by atoms with Crippen LogP contribution < -0.4 is 5.32 Å². The number of amides is 1. The van der Waals surface area contributed by atoms with Crippen molar-refractivity contribution in [1.29, 1.82) is 0 Å². The van der Waals surface area contributed by atoms with Crippen LogP contribution in [0.25, 0.3) is 5.69 Å². The first-order valence-electron chi connectivity index (χ1n) is 9.20. The Bertz CT molecular complexity index is 839. The molecule has 1 unspecified atom stereocenters. The highest BCUT2D eigenvalue weighted by atomic mass is 16.3. The molecule has 1 aliphatic rings. The number of piperidine rings is 1. The summed E-state index contributed by atoms with van der Waals surface area (Å²) in [6.45, 7) is 2.57. The number of carbonyl (C=O) groups excluding carboxylic acids is 1. The molecular weight excluding hydrogens is 344 g/mol. The summed E-state index contributed by atoms with van der Waals surface area (Å²) in [6.07, 6.45) is 6.84. The van der Waals surface area contributed by atoms with Crippen molar-refractivity contribution in [1.82, 2.24) is 30.4 Å². The van der Waals surface area contributed by atoms with Crippen molar-refractivity contribution in [2.75, 3.05) is 19.6 Å². The molecule has 140 valence electrons. The summed E-state index contributed by atoms with van der Waals surface area (Å²) in [5.41, 5.74) is 1.40. The molecule has 27 heavy (non-hydrogen) atoms. The number of benzene rings is 1. The number of furan rings is 1. The molecule has 1 amide bonds. The van der Waals surface area contributed by atoms with Crippen LogP contribution in [-0.2, 0) is 0 Å². The van der Waals surface area contributed by atoms with E-state index < -0.39 is 0 Å². The molecule has 0 bridgehead atoms. The largest absolute Gasteiger partial charge is 0.468 e. The molecule has 2 aromatic heterocycles. The number of hydrogen-bond donors (Lipinski definition) is 1. The van der Waals surface area contributed by atoms with Gasteiger partial charge in [-0.15, -0.1) is 5.10 Å². The van der Waals surface area contributed by atoms with E-state index in [-0.39, 0.29) is 11.9 Å². The molecule has 1 N–H and O–H groups in total. The normalized spacial score (nSPS) is 16.1. The Balaban J connectivity index is 1.41. The highest BCUT2D eigenvalue weighted by Crippen LogP contribution is 2.24.